The largest absolute Gasteiger partial charge is 0.394 e. The molecule has 0 radical (unpaired) electrons. The molecule has 1 fully saturated rings. The van der Waals surface area contributed by atoms with Gasteiger partial charge >= 0.3 is 0 Å². The maximum atomic E-state index is 13.2. The molecule has 72 heavy (non-hydrogen) atoms. The lowest BCUT2D eigenvalue weighted by molar-refractivity contribution is -0.302. The maximum absolute atomic E-state index is 13.2. The summed E-state index contributed by atoms with van der Waals surface area (Å²) in [6.07, 6.45) is 54.8. The quantitative estimate of drug-likeness (QED) is 0.0232. The smallest absolute Gasteiger partial charge is 0.249 e. The second-order valence-corrected chi connectivity index (χ2v) is 22.4. The third-order valence-electron chi connectivity index (χ3n) is 15.5. The molecule has 1 saturated heterocycles. The summed E-state index contributed by atoms with van der Waals surface area (Å²) in [6, 6.07) is -0.977. The third-order valence-corrected chi connectivity index (χ3v) is 15.5. The second-order valence-electron chi connectivity index (χ2n) is 22.4. The number of unbranched alkanes of at least 4 members (excludes halogenated alkanes) is 44. The number of nitrogens with one attached hydrogen (secondary N) is 1. The van der Waals surface area contributed by atoms with Gasteiger partial charge < -0.3 is 45.4 Å². The molecule has 0 bridgehead atoms. The predicted octanol–water partition coefficient (Wildman–Crippen LogP) is 14.9. The molecule has 10 heteroatoms. The lowest BCUT2D eigenvalue weighted by Gasteiger charge is -2.40. The highest BCUT2D eigenvalue weighted by atomic mass is 16.7. The van der Waals surface area contributed by atoms with Gasteiger partial charge in [-0.15, -0.1) is 0 Å². The number of hydrogen-bond acceptors (Lipinski definition) is 9. The van der Waals surface area contributed by atoms with Gasteiger partial charge in [0, 0.05) is 0 Å². The Labute approximate surface area is 444 Å². The van der Waals surface area contributed by atoms with Gasteiger partial charge in [0.05, 0.1) is 25.4 Å². The Morgan fingerprint density at radius 2 is 0.792 bits per heavy atom. The highest BCUT2D eigenvalue weighted by Crippen LogP contribution is 2.23. The number of aliphatic hydroxyl groups is 6. The molecule has 8 unspecified atom stereocenters. The Morgan fingerprint density at radius 3 is 1.12 bits per heavy atom. The zero-order valence-corrected chi connectivity index (χ0v) is 47.3. The third kappa shape index (κ3) is 40.2. The van der Waals surface area contributed by atoms with E-state index in [0.29, 0.717) is 6.42 Å². The Bertz CT molecular complexity index is 1160. The van der Waals surface area contributed by atoms with Crippen LogP contribution in [0.2, 0.25) is 0 Å². The Kier molecular flexibility index (Phi) is 49.7. The summed E-state index contributed by atoms with van der Waals surface area (Å²) < 4.78 is 11.2. The number of carbonyl (C=O) groups is 1. The molecular formula is C62H121NO9. The standard InChI is InChI=1S/C62H121NO9/c1-3-5-7-9-11-13-15-17-19-21-22-23-24-25-26-27-28-29-30-31-32-33-35-37-39-41-43-45-47-49-51-56(66)61(70)63-54(53-71-62-60(69)59(68)58(67)57(52-64)72-62)55(65)50-48-46-44-42-40-38-36-34-20-18-16-14-12-10-8-6-4-2/h48,50,54-60,62,64-69H,3-47,49,51-53H2,1-2H3,(H,63,70)/b50-48+. The average molecular weight is 1020 g/mol. The predicted molar refractivity (Wildman–Crippen MR) is 301 cm³/mol. The summed E-state index contributed by atoms with van der Waals surface area (Å²) in [5.41, 5.74) is 0. The normalized spacial score (nSPS) is 19.6. The number of ether oxygens (including phenoxy) is 2. The maximum Gasteiger partial charge on any atom is 0.249 e. The van der Waals surface area contributed by atoms with Crippen molar-refractivity contribution in [1.29, 1.82) is 0 Å². The van der Waals surface area contributed by atoms with Crippen molar-refractivity contribution in [3.63, 3.8) is 0 Å². The minimum atomic E-state index is -1.61. The van der Waals surface area contributed by atoms with E-state index in [-0.39, 0.29) is 6.61 Å². The van der Waals surface area contributed by atoms with Crippen molar-refractivity contribution in [3.05, 3.63) is 12.2 Å². The second kappa shape index (κ2) is 52.0. The molecule has 1 amide bonds. The minimum Gasteiger partial charge on any atom is -0.394 e. The molecule has 10 nitrogen and oxygen atoms in total. The summed E-state index contributed by atoms with van der Waals surface area (Å²) in [7, 11) is 0. The average Bonchev–Trinajstić information content (AvgIpc) is 3.38. The number of aliphatic hydroxyl groups excluding tert-OH is 6. The van der Waals surface area contributed by atoms with Gasteiger partial charge in [0.15, 0.2) is 6.29 Å². The van der Waals surface area contributed by atoms with E-state index >= 15 is 0 Å². The molecular weight excluding hydrogens is 903 g/mol. The van der Waals surface area contributed by atoms with Gasteiger partial charge in [-0.3, -0.25) is 4.79 Å². The number of rotatable bonds is 55. The lowest BCUT2D eigenvalue weighted by Crippen LogP contribution is -2.60. The van der Waals surface area contributed by atoms with Gasteiger partial charge in [0.1, 0.15) is 30.5 Å². The van der Waals surface area contributed by atoms with Crippen molar-refractivity contribution in [2.75, 3.05) is 13.2 Å². The SMILES string of the molecule is CCCCCCCCCCCCCCCCC/C=C/C(O)C(COC1OC(CO)C(O)C(O)C1O)NC(=O)C(O)CCCCCCCCCCCCCCCCCCCCCCCCCCCCCCCC. The summed E-state index contributed by atoms with van der Waals surface area (Å²) >= 11 is 0. The van der Waals surface area contributed by atoms with Crippen LogP contribution in [0.15, 0.2) is 12.2 Å². The van der Waals surface area contributed by atoms with Gasteiger partial charge in [0.2, 0.25) is 5.91 Å². The first-order valence-corrected chi connectivity index (χ1v) is 31.5. The fourth-order valence-electron chi connectivity index (χ4n) is 10.4. The highest BCUT2D eigenvalue weighted by Gasteiger charge is 2.44. The van der Waals surface area contributed by atoms with Crippen LogP contribution in [0.3, 0.4) is 0 Å². The van der Waals surface area contributed by atoms with Crippen molar-refractivity contribution in [1.82, 2.24) is 5.32 Å². The Balaban J connectivity index is 2.17. The van der Waals surface area contributed by atoms with Crippen molar-refractivity contribution < 1.29 is 44.9 Å². The van der Waals surface area contributed by atoms with Crippen LogP contribution in [-0.2, 0) is 14.3 Å². The Morgan fingerprint density at radius 1 is 0.472 bits per heavy atom. The molecule has 1 heterocycles. The fourth-order valence-corrected chi connectivity index (χ4v) is 10.4. The number of hydrogen-bond donors (Lipinski definition) is 7. The van der Waals surface area contributed by atoms with Crippen molar-refractivity contribution >= 4 is 5.91 Å². The van der Waals surface area contributed by atoms with E-state index < -0.39 is 61.5 Å². The zero-order chi connectivity index (χ0) is 52.4. The van der Waals surface area contributed by atoms with Crippen LogP contribution in [-0.4, -0.2) is 98.7 Å². The first-order chi connectivity index (χ1) is 35.3. The molecule has 0 aliphatic carbocycles. The van der Waals surface area contributed by atoms with E-state index in [2.05, 4.69) is 19.2 Å². The summed E-state index contributed by atoms with van der Waals surface area (Å²) in [5.74, 6) is -0.609. The molecule has 7 N–H and O–H groups in total. The van der Waals surface area contributed by atoms with Crippen LogP contribution < -0.4 is 5.32 Å². The highest BCUT2D eigenvalue weighted by molar-refractivity contribution is 5.80. The molecule has 428 valence electrons. The van der Waals surface area contributed by atoms with Crippen LogP contribution in [0, 0.1) is 0 Å². The van der Waals surface area contributed by atoms with E-state index in [9.17, 15) is 35.4 Å². The van der Waals surface area contributed by atoms with Crippen LogP contribution in [0.5, 0.6) is 0 Å². The van der Waals surface area contributed by atoms with E-state index in [1.54, 1.807) is 6.08 Å². The first-order valence-electron chi connectivity index (χ1n) is 31.5. The van der Waals surface area contributed by atoms with Gasteiger partial charge in [-0.1, -0.05) is 309 Å². The first kappa shape index (κ1) is 68.9. The molecule has 0 saturated carbocycles. The Hall–Kier alpha value is -1.11. The van der Waals surface area contributed by atoms with E-state index in [1.165, 1.54) is 250 Å². The monoisotopic (exact) mass is 1020 g/mol. The molecule has 0 aromatic rings. The molecule has 1 aliphatic rings. The van der Waals surface area contributed by atoms with Gasteiger partial charge in [0.25, 0.3) is 0 Å². The zero-order valence-electron chi connectivity index (χ0n) is 47.3. The lowest BCUT2D eigenvalue weighted by atomic mass is 9.99. The van der Waals surface area contributed by atoms with Gasteiger partial charge in [-0.05, 0) is 19.3 Å². The van der Waals surface area contributed by atoms with Crippen LogP contribution in [0.25, 0.3) is 0 Å². The number of carbonyl (C=O) groups excluding carboxylic acids is 1. The van der Waals surface area contributed by atoms with Gasteiger partial charge in [-0.2, -0.15) is 0 Å². The summed E-state index contributed by atoms with van der Waals surface area (Å²) in [5, 5.41) is 65.1. The van der Waals surface area contributed by atoms with Crippen molar-refractivity contribution in [2.45, 2.75) is 365 Å². The molecule has 0 spiro atoms. The molecule has 0 aromatic carbocycles. The summed E-state index contributed by atoms with van der Waals surface area (Å²) in [6.45, 7) is 3.66. The van der Waals surface area contributed by atoms with Crippen molar-refractivity contribution in [2.24, 2.45) is 0 Å². The molecule has 1 aliphatic heterocycles. The number of amides is 1. The molecule has 8 atom stereocenters. The van der Waals surface area contributed by atoms with Gasteiger partial charge in [-0.25, -0.2) is 0 Å². The number of allylic oxidation sites excluding steroid dienone is 1. The molecule has 0 aromatic heterocycles. The van der Waals surface area contributed by atoms with E-state index in [1.807, 2.05) is 6.08 Å². The molecule has 1 rings (SSSR count). The van der Waals surface area contributed by atoms with E-state index in [0.717, 1.165) is 44.9 Å². The summed E-state index contributed by atoms with van der Waals surface area (Å²) in [4.78, 5) is 13.2. The van der Waals surface area contributed by atoms with Crippen LogP contribution in [0.1, 0.15) is 316 Å². The topological polar surface area (TPSA) is 169 Å². The van der Waals surface area contributed by atoms with Crippen LogP contribution >= 0.6 is 0 Å². The van der Waals surface area contributed by atoms with Crippen molar-refractivity contribution in [3.8, 4) is 0 Å². The minimum absolute atomic E-state index is 0.300. The van der Waals surface area contributed by atoms with Crippen LogP contribution in [0.4, 0.5) is 0 Å². The fraction of sp³-hybridized carbons (Fsp3) is 0.952. The van der Waals surface area contributed by atoms with E-state index in [4.69, 9.17) is 9.47 Å².